The minimum absolute atomic E-state index is 0.0633. The number of thioether (sulfide) groups is 1. The molecule has 33 heavy (non-hydrogen) atoms. The molecule has 0 amide bonds. The lowest BCUT2D eigenvalue weighted by molar-refractivity contribution is 0.0531. The first-order chi connectivity index (χ1) is 15.7. The molecule has 2 heterocycles. The summed E-state index contributed by atoms with van der Waals surface area (Å²) < 4.78 is 12.2. The molecule has 11 heteroatoms. The first kappa shape index (κ1) is 24.4. The first-order valence-electron chi connectivity index (χ1n) is 10.2. The predicted molar refractivity (Wildman–Crippen MR) is 129 cm³/mol. The molecular formula is C22H26N6O3S2. The summed E-state index contributed by atoms with van der Waals surface area (Å²) in [5.74, 6) is 7.04. The van der Waals surface area contributed by atoms with Crippen LogP contribution in [0.15, 0.2) is 29.4 Å². The number of carbonyl (C=O) groups is 1. The van der Waals surface area contributed by atoms with Gasteiger partial charge in [-0.1, -0.05) is 44.7 Å². The molecule has 0 aliphatic heterocycles. The maximum absolute atomic E-state index is 12.3. The zero-order valence-electron chi connectivity index (χ0n) is 18.9. The van der Waals surface area contributed by atoms with Crippen molar-refractivity contribution in [2.24, 2.45) is 0 Å². The van der Waals surface area contributed by atoms with Crippen LogP contribution in [0.4, 0.5) is 5.00 Å². The van der Waals surface area contributed by atoms with Gasteiger partial charge in [0.1, 0.15) is 28.3 Å². The fourth-order valence-electron chi connectivity index (χ4n) is 2.95. The number of anilines is 1. The molecular weight excluding hydrogens is 460 g/mol. The third-order valence-electron chi connectivity index (χ3n) is 4.78. The van der Waals surface area contributed by atoms with E-state index in [1.54, 1.807) is 6.92 Å². The fraction of sp³-hybridized carbons (Fsp3) is 0.364. The summed E-state index contributed by atoms with van der Waals surface area (Å²) in [6, 6.07) is 9.95. The molecule has 174 valence electrons. The number of ether oxygens (including phenoxy) is 2. The molecule has 0 unspecified atom stereocenters. The number of benzene rings is 1. The smallest absolute Gasteiger partial charge is 0.348 e. The SMILES string of the molecule is CCOC(=O)c1sc(N)c(C#N)c1CSc1nnc(COc2ccc(C(C)(C)C)cc2)n1N. The topological polar surface area (TPSA) is 142 Å². The van der Waals surface area contributed by atoms with Crippen molar-refractivity contribution in [3.63, 3.8) is 0 Å². The van der Waals surface area contributed by atoms with Crippen LogP contribution in [0.5, 0.6) is 5.75 Å². The van der Waals surface area contributed by atoms with Crippen molar-refractivity contribution in [3.05, 3.63) is 51.7 Å². The van der Waals surface area contributed by atoms with Crippen LogP contribution < -0.4 is 16.3 Å². The Labute approximate surface area is 200 Å². The van der Waals surface area contributed by atoms with Crippen LogP contribution in [0, 0.1) is 11.3 Å². The number of rotatable bonds is 8. The lowest BCUT2D eigenvalue weighted by Crippen LogP contribution is -2.16. The summed E-state index contributed by atoms with van der Waals surface area (Å²) >= 11 is 2.28. The van der Waals surface area contributed by atoms with Gasteiger partial charge in [-0.15, -0.1) is 21.5 Å². The van der Waals surface area contributed by atoms with Crippen LogP contribution in [0.25, 0.3) is 0 Å². The van der Waals surface area contributed by atoms with Gasteiger partial charge >= 0.3 is 5.97 Å². The Kier molecular flexibility index (Phi) is 7.50. The monoisotopic (exact) mass is 486 g/mol. The summed E-state index contributed by atoms with van der Waals surface area (Å²) in [6.45, 7) is 8.54. The standard InChI is InChI=1S/C22H26N6O3S2/c1-5-30-20(29)18-16(15(10-23)19(24)33-18)12-32-21-27-26-17(28(21)25)11-31-14-8-6-13(7-9-14)22(2,3)4/h6-9H,5,11-12,24-25H2,1-4H3. The van der Waals surface area contributed by atoms with E-state index in [9.17, 15) is 10.1 Å². The molecule has 3 rings (SSSR count). The van der Waals surface area contributed by atoms with Crippen molar-refractivity contribution in [2.75, 3.05) is 18.2 Å². The molecule has 0 bridgehead atoms. The molecule has 0 fully saturated rings. The van der Waals surface area contributed by atoms with Crippen LogP contribution in [0.3, 0.4) is 0 Å². The van der Waals surface area contributed by atoms with Crippen LogP contribution in [-0.4, -0.2) is 27.4 Å². The number of hydrogen-bond donors (Lipinski definition) is 2. The van der Waals surface area contributed by atoms with Crippen molar-refractivity contribution in [2.45, 2.75) is 50.6 Å². The number of aromatic nitrogens is 3. The highest BCUT2D eigenvalue weighted by atomic mass is 32.2. The number of nitrogens with two attached hydrogens (primary N) is 2. The highest BCUT2D eigenvalue weighted by Crippen LogP contribution is 2.35. The molecule has 0 saturated heterocycles. The lowest BCUT2D eigenvalue weighted by Gasteiger charge is -2.19. The summed E-state index contributed by atoms with van der Waals surface area (Å²) in [6.07, 6.45) is 0. The Morgan fingerprint density at radius 3 is 2.58 bits per heavy atom. The van der Waals surface area contributed by atoms with Gasteiger partial charge < -0.3 is 21.1 Å². The van der Waals surface area contributed by atoms with Gasteiger partial charge in [-0.05, 0) is 30.0 Å². The van der Waals surface area contributed by atoms with Crippen LogP contribution in [0.1, 0.15) is 59.9 Å². The second-order valence-corrected chi connectivity index (χ2v) is 10.1. The van der Waals surface area contributed by atoms with E-state index in [-0.39, 0.29) is 34.9 Å². The molecule has 0 atom stereocenters. The summed E-state index contributed by atoms with van der Waals surface area (Å²) in [4.78, 5) is 12.6. The molecule has 0 spiro atoms. The van der Waals surface area contributed by atoms with Gasteiger partial charge in [-0.2, -0.15) is 5.26 Å². The Hall–Kier alpha value is -3.23. The third-order valence-corrected chi connectivity index (χ3v) is 6.79. The highest BCUT2D eigenvalue weighted by molar-refractivity contribution is 7.98. The number of thiophene rings is 1. The first-order valence-corrected chi connectivity index (χ1v) is 12.0. The van der Waals surface area contributed by atoms with E-state index in [0.717, 1.165) is 11.3 Å². The Balaban J connectivity index is 1.69. The zero-order valence-corrected chi connectivity index (χ0v) is 20.5. The van der Waals surface area contributed by atoms with Gasteiger partial charge in [0.15, 0.2) is 5.82 Å². The van der Waals surface area contributed by atoms with Crippen molar-refractivity contribution in [3.8, 4) is 11.8 Å². The number of carbonyl (C=O) groups excluding carboxylic acids is 1. The Morgan fingerprint density at radius 1 is 1.27 bits per heavy atom. The minimum Gasteiger partial charge on any atom is -0.486 e. The molecule has 2 aromatic heterocycles. The second kappa shape index (κ2) is 10.1. The van der Waals surface area contributed by atoms with Crippen LogP contribution in [-0.2, 0) is 22.5 Å². The van der Waals surface area contributed by atoms with Gasteiger partial charge in [-0.25, -0.2) is 9.47 Å². The van der Waals surface area contributed by atoms with Gasteiger partial charge in [-0.3, -0.25) is 0 Å². The van der Waals surface area contributed by atoms with Gasteiger partial charge in [0, 0.05) is 11.3 Å². The quantitative estimate of drug-likeness (QED) is 0.276. The molecule has 1 aromatic carbocycles. The molecule has 9 nitrogen and oxygen atoms in total. The lowest BCUT2D eigenvalue weighted by atomic mass is 9.87. The Bertz CT molecular complexity index is 1170. The normalized spacial score (nSPS) is 11.2. The molecule has 0 radical (unpaired) electrons. The number of hydrogen-bond acceptors (Lipinski definition) is 10. The minimum atomic E-state index is -0.507. The fourth-order valence-corrected chi connectivity index (χ4v) is 4.87. The highest BCUT2D eigenvalue weighted by Gasteiger charge is 2.24. The van der Waals surface area contributed by atoms with Gasteiger partial charge in [0.25, 0.3) is 0 Å². The molecule has 3 aromatic rings. The van der Waals surface area contributed by atoms with E-state index < -0.39 is 5.97 Å². The summed E-state index contributed by atoms with van der Waals surface area (Å²) in [5, 5.41) is 18.4. The largest absolute Gasteiger partial charge is 0.486 e. The zero-order chi connectivity index (χ0) is 24.2. The maximum Gasteiger partial charge on any atom is 0.348 e. The van der Waals surface area contributed by atoms with Crippen molar-refractivity contribution >= 4 is 34.1 Å². The number of nitrogen functional groups attached to an aromatic ring is 2. The van der Waals surface area contributed by atoms with E-state index in [1.807, 2.05) is 24.3 Å². The summed E-state index contributed by atoms with van der Waals surface area (Å²) in [7, 11) is 0. The average Bonchev–Trinajstić information content (AvgIpc) is 3.29. The van der Waals surface area contributed by atoms with Crippen molar-refractivity contribution < 1.29 is 14.3 Å². The van der Waals surface area contributed by atoms with Crippen LogP contribution >= 0.6 is 23.1 Å². The molecule has 4 N–H and O–H groups in total. The number of nitrogens with zero attached hydrogens (tertiary/aromatic N) is 4. The second-order valence-electron chi connectivity index (χ2n) is 8.10. The van der Waals surface area contributed by atoms with Crippen molar-refractivity contribution in [1.82, 2.24) is 14.9 Å². The molecule has 0 aliphatic rings. The average molecular weight is 487 g/mol. The van der Waals surface area contributed by atoms with Gasteiger partial charge in [0.05, 0.1) is 12.2 Å². The summed E-state index contributed by atoms with van der Waals surface area (Å²) in [5.41, 5.74) is 7.96. The van der Waals surface area contributed by atoms with E-state index >= 15 is 0 Å². The number of nitriles is 1. The molecule has 0 aliphatic carbocycles. The van der Waals surface area contributed by atoms with E-state index in [2.05, 4.69) is 37.0 Å². The van der Waals surface area contributed by atoms with E-state index in [1.165, 1.54) is 22.0 Å². The van der Waals surface area contributed by atoms with E-state index in [4.69, 9.17) is 21.1 Å². The van der Waals surface area contributed by atoms with E-state index in [0.29, 0.717) is 27.2 Å². The van der Waals surface area contributed by atoms with Crippen molar-refractivity contribution in [1.29, 1.82) is 5.26 Å². The van der Waals surface area contributed by atoms with Gasteiger partial charge in [0.2, 0.25) is 5.16 Å². The molecule has 0 saturated carbocycles. The maximum atomic E-state index is 12.3. The Morgan fingerprint density at radius 2 is 1.97 bits per heavy atom. The number of esters is 1. The van der Waals surface area contributed by atoms with Crippen LogP contribution in [0.2, 0.25) is 0 Å². The predicted octanol–water partition coefficient (Wildman–Crippen LogP) is 3.85. The third kappa shape index (κ3) is 5.58.